The summed E-state index contributed by atoms with van der Waals surface area (Å²) in [5.41, 5.74) is 8.34. The smallest absolute Gasteiger partial charge is 0.124 e. The van der Waals surface area contributed by atoms with Crippen molar-refractivity contribution >= 4 is 39.1 Å². The molecule has 0 atom stereocenters. The molecule has 0 aromatic heterocycles. The van der Waals surface area contributed by atoms with Gasteiger partial charge in [-0.3, -0.25) is 5.41 Å². The molecule has 5 heteroatoms. The summed E-state index contributed by atoms with van der Waals surface area (Å²) in [4.78, 5) is 2.03. The van der Waals surface area contributed by atoms with E-state index in [0.717, 1.165) is 10.2 Å². The number of nitrogens with two attached hydrogens (primary N) is 1. The van der Waals surface area contributed by atoms with Crippen molar-refractivity contribution in [1.29, 1.82) is 5.41 Å². The molecule has 2 aromatic carbocycles. The topological polar surface area (TPSA) is 53.1 Å². The summed E-state index contributed by atoms with van der Waals surface area (Å²) >= 11 is 9.47. The highest BCUT2D eigenvalue weighted by Crippen LogP contribution is 2.25. The Bertz CT molecular complexity index is 626. The van der Waals surface area contributed by atoms with Crippen molar-refractivity contribution in [2.45, 2.75) is 6.54 Å². The van der Waals surface area contributed by atoms with Crippen LogP contribution >= 0.6 is 27.5 Å². The lowest BCUT2D eigenvalue weighted by molar-refractivity contribution is 0.921. The minimum absolute atomic E-state index is 0.0410. The molecule has 0 radical (unpaired) electrons. The monoisotopic (exact) mass is 351 g/mol. The third kappa shape index (κ3) is 3.52. The summed E-state index contributed by atoms with van der Waals surface area (Å²) in [5, 5.41) is 8.28. The van der Waals surface area contributed by atoms with Gasteiger partial charge in [0.1, 0.15) is 5.84 Å². The maximum atomic E-state index is 7.65. The number of nitrogen functional groups attached to an aromatic ring is 1. The van der Waals surface area contributed by atoms with Gasteiger partial charge >= 0.3 is 0 Å². The number of nitrogens with zero attached hydrogens (tertiary/aromatic N) is 1. The molecule has 0 unspecified atom stereocenters. The van der Waals surface area contributed by atoms with E-state index in [2.05, 4.69) is 28.1 Å². The molecule has 104 valence electrons. The molecule has 0 aliphatic rings. The number of anilines is 1. The Balaban J connectivity index is 2.28. The largest absolute Gasteiger partial charge is 0.384 e. The zero-order valence-electron chi connectivity index (χ0n) is 11.0. The summed E-state index contributed by atoms with van der Waals surface area (Å²) in [6.45, 7) is 0.716. The molecule has 0 aliphatic carbocycles. The van der Waals surface area contributed by atoms with Gasteiger partial charge < -0.3 is 10.6 Å². The van der Waals surface area contributed by atoms with Crippen molar-refractivity contribution in [2.75, 3.05) is 11.9 Å². The molecule has 0 aliphatic heterocycles. The lowest BCUT2D eigenvalue weighted by Crippen LogP contribution is -2.22. The standard InChI is InChI=1S/C15H15BrClN3/c1-20(9-10-2-4-11(16)5-3-10)14-8-12(17)6-7-13(14)15(18)19/h2-8H,9H2,1H3,(H3,18,19). The average Bonchev–Trinajstić information content (AvgIpc) is 2.41. The second-order valence-corrected chi connectivity index (χ2v) is 5.91. The maximum absolute atomic E-state index is 7.65. The van der Waals surface area contributed by atoms with Gasteiger partial charge in [-0.05, 0) is 35.9 Å². The van der Waals surface area contributed by atoms with Crippen molar-refractivity contribution in [2.24, 2.45) is 5.73 Å². The summed E-state index contributed by atoms with van der Waals surface area (Å²) in [6, 6.07) is 13.5. The van der Waals surface area contributed by atoms with Gasteiger partial charge in [0.15, 0.2) is 0 Å². The fraction of sp³-hybridized carbons (Fsp3) is 0.133. The highest BCUT2D eigenvalue weighted by atomic mass is 79.9. The Morgan fingerprint density at radius 2 is 1.90 bits per heavy atom. The molecule has 20 heavy (non-hydrogen) atoms. The molecule has 0 amide bonds. The van der Waals surface area contributed by atoms with Gasteiger partial charge in [0, 0.05) is 34.3 Å². The molecule has 0 spiro atoms. The summed E-state index contributed by atoms with van der Waals surface area (Å²) in [5.74, 6) is 0.0410. The lowest BCUT2D eigenvalue weighted by Gasteiger charge is -2.22. The van der Waals surface area contributed by atoms with Crippen molar-refractivity contribution in [3.8, 4) is 0 Å². The first-order chi connectivity index (χ1) is 9.47. The van der Waals surface area contributed by atoms with Gasteiger partial charge in [-0.1, -0.05) is 39.7 Å². The number of amidine groups is 1. The summed E-state index contributed by atoms with van der Waals surface area (Å²) in [6.07, 6.45) is 0. The highest BCUT2D eigenvalue weighted by Gasteiger charge is 2.11. The van der Waals surface area contributed by atoms with Crippen LogP contribution in [0.25, 0.3) is 0 Å². The van der Waals surface area contributed by atoms with Crippen LogP contribution in [0, 0.1) is 5.41 Å². The van der Waals surface area contributed by atoms with Crippen LogP contribution in [-0.2, 0) is 6.54 Å². The van der Waals surface area contributed by atoms with Crippen molar-refractivity contribution in [3.05, 3.63) is 63.1 Å². The second-order valence-electron chi connectivity index (χ2n) is 4.56. The predicted molar refractivity (Wildman–Crippen MR) is 88.7 cm³/mol. The molecule has 0 saturated heterocycles. The zero-order chi connectivity index (χ0) is 14.7. The van der Waals surface area contributed by atoms with E-state index in [-0.39, 0.29) is 5.84 Å². The Morgan fingerprint density at radius 3 is 2.50 bits per heavy atom. The van der Waals surface area contributed by atoms with Gasteiger partial charge in [-0.2, -0.15) is 0 Å². The van der Waals surface area contributed by atoms with E-state index in [9.17, 15) is 0 Å². The number of benzene rings is 2. The van der Waals surface area contributed by atoms with Crippen molar-refractivity contribution in [3.63, 3.8) is 0 Å². The van der Waals surface area contributed by atoms with Crippen LogP contribution in [0.2, 0.25) is 5.02 Å². The molecule has 0 fully saturated rings. The Hall–Kier alpha value is -1.52. The average molecular weight is 353 g/mol. The van der Waals surface area contributed by atoms with E-state index < -0.39 is 0 Å². The Morgan fingerprint density at radius 1 is 1.25 bits per heavy atom. The van der Waals surface area contributed by atoms with Crippen LogP contribution in [0.4, 0.5) is 5.69 Å². The molecule has 0 saturated carbocycles. The maximum Gasteiger partial charge on any atom is 0.124 e. The number of halogens is 2. The van der Waals surface area contributed by atoms with Crippen LogP contribution in [0.1, 0.15) is 11.1 Å². The van der Waals surface area contributed by atoms with Crippen LogP contribution in [0.3, 0.4) is 0 Å². The minimum atomic E-state index is 0.0410. The van der Waals surface area contributed by atoms with E-state index in [0.29, 0.717) is 17.1 Å². The van der Waals surface area contributed by atoms with E-state index >= 15 is 0 Å². The van der Waals surface area contributed by atoms with Gasteiger partial charge in [-0.15, -0.1) is 0 Å². The Kier molecular flexibility index (Phi) is 4.68. The molecule has 3 nitrogen and oxygen atoms in total. The first kappa shape index (κ1) is 14.9. The van der Waals surface area contributed by atoms with Crippen molar-refractivity contribution < 1.29 is 0 Å². The zero-order valence-corrected chi connectivity index (χ0v) is 13.4. The number of rotatable bonds is 4. The van der Waals surface area contributed by atoms with Crippen LogP contribution in [0.15, 0.2) is 46.9 Å². The number of hydrogen-bond acceptors (Lipinski definition) is 2. The first-order valence-electron chi connectivity index (χ1n) is 6.07. The summed E-state index contributed by atoms with van der Waals surface area (Å²) < 4.78 is 1.05. The number of hydrogen-bond donors (Lipinski definition) is 2. The predicted octanol–water partition coefficient (Wildman–Crippen LogP) is 4.02. The fourth-order valence-electron chi connectivity index (χ4n) is 2.00. The Labute approximate surface area is 132 Å². The van der Waals surface area contributed by atoms with Crippen LogP contribution in [-0.4, -0.2) is 12.9 Å². The van der Waals surface area contributed by atoms with Crippen LogP contribution in [0.5, 0.6) is 0 Å². The molecule has 0 heterocycles. The quantitative estimate of drug-likeness (QED) is 0.645. The van der Waals surface area contributed by atoms with E-state index in [1.807, 2.05) is 30.1 Å². The third-order valence-corrected chi connectivity index (χ3v) is 3.76. The van der Waals surface area contributed by atoms with Crippen molar-refractivity contribution in [1.82, 2.24) is 0 Å². The first-order valence-corrected chi connectivity index (χ1v) is 7.24. The molecule has 2 aromatic rings. The number of nitrogens with one attached hydrogen (secondary N) is 1. The molecular formula is C15H15BrClN3. The van der Waals surface area contributed by atoms with E-state index in [4.69, 9.17) is 22.7 Å². The van der Waals surface area contributed by atoms with E-state index in [1.165, 1.54) is 5.56 Å². The second kappa shape index (κ2) is 6.29. The summed E-state index contributed by atoms with van der Waals surface area (Å²) in [7, 11) is 1.96. The SMILES string of the molecule is CN(Cc1ccc(Br)cc1)c1cc(Cl)ccc1C(=N)N. The molecule has 3 N–H and O–H groups in total. The third-order valence-electron chi connectivity index (χ3n) is 2.99. The molecule has 0 bridgehead atoms. The highest BCUT2D eigenvalue weighted by molar-refractivity contribution is 9.10. The lowest BCUT2D eigenvalue weighted by atomic mass is 10.1. The van der Waals surface area contributed by atoms with Gasteiger partial charge in [0.2, 0.25) is 0 Å². The van der Waals surface area contributed by atoms with Gasteiger partial charge in [0.05, 0.1) is 0 Å². The minimum Gasteiger partial charge on any atom is -0.384 e. The fourth-order valence-corrected chi connectivity index (χ4v) is 2.43. The van der Waals surface area contributed by atoms with Gasteiger partial charge in [-0.25, -0.2) is 0 Å². The molecule has 2 rings (SSSR count). The normalized spacial score (nSPS) is 10.3. The van der Waals surface area contributed by atoms with Crippen LogP contribution < -0.4 is 10.6 Å². The molecular weight excluding hydrogens is 338 g/mol. The van der Waals surface area contributed by atoms with Gasteiger partial charge in [0.25, 0.3) is 0 Å². The van der Waals surface area contributed by atoms with E-state index in [1.54, 1.807) is 12.1 Å².